The number of hydrogen-bond donors (Lipinski definition) is 0. The lowest BCUT2D eigenvalue weighted by Crippen LogP contribution is -2.51. The van der Waals surface area contributed by atoms with Gasteiger partial charge in [0.05, 0.1) is 0 Å². The van der Waals surface area contributed by atoms with Gasteiger partial charge in [-0.25, -0.2) is 0 Å². The largest absolute Gasteiger partial charge is 0.462 e. The summed E-state index contributed by atoms with van der Waals surface area (Å²) >= 11 is 0. The lowest BCUT2D eigenvalue weighted by molar-refractivity contribution is -0.148. The molecule has 0 bridgehead atoms. The Hall–Kier alpha value is -0.790. The quantitative estimate of drug-likeness (QED) is 0.317. The van der Waals surface area contributed by atoms with E-state index in [2.05, 4.69) is 40.7 Å². The van der Waals surface area contributed by atoms with E-state index in [0.717, 1.165) is 48.3 Å². The van der Waals surface area contributed by atoms with E-state index in [1.54, 1.807) is 12.5 Å². The maximum absolute atomic E-state index is 11.5. The van der Waals surface area contributed by atoms with Crippen LogP contribution in [0.25, 0.3) is 0 Å². The molecule has 0 radical (unpaired) electrons. The summed E-state index contributed by atoms with van der Waals surface area (Å²) in [5.74, 6) is 5.19. The van der Waals surface area contributed by atoms with Gasteiger partial charge in [-0.05, 0) is 91.3 Å². The van der Waals surface area contributed by atoms with Crippen LogP contribution < -0.4 is 0 Å². The normalized spacial score (nSPS) is 42.9. The summed E-state index contributed by atoms with van der Waals surface area (Å²) < 4.78 is 5.61. The van der Waals surface area contributed by atoms with Gasteiger partial charge in [0.25, 0.3) is 0 Å². The average molecular weight is 429 g/mol. The van der Waals surface area contributed by atoms with Gasteiger partial charge in [0.2, 0.25) is 0 Å². The van der Waals surface area contributed by atoms with E-state index in [-0.39, 0.29) is 12.1 Å². The number of rotatable bonds is 6. The molecule has 0 aromatic carbocycles. The molecule has 0 N–H and O–H groups in total. The van der Waals surface area contributed by atoms with Gasteiger partial charge in [-0.2, -0.15) is 0 Å². The molecular weight excluding hydrogens is 380 g/mol. The Bertz CT molecular complexity index is 693. The smallest absolute Gasteiger partial charge is 0.302 e. The highest BCUT2D eigenvalue weighted by molar-refractivity contribution is 5.66. The predicted octanol–water partition coefficient (Wildman–Crippen LogP) is 7.96. The third-order valence-corrected chi connectivity index (χ3v) is 10.6. The second kappa shape index (κ2) is 8.86. The summed E-state index contributed by atoms with van der Waals surface area (Å²) in [5, 5.41) is 0. The summed E-state index contributed by atoms with van der Waals surface area (Å²) in [5.41, 5.74) is 2.53. The SMILES string of the molecule is CC(=O)O[C@H]1CC[C@@]2(C)C(=CC[C@@H]3C2CC[C@@]2(C)C3CC[C@@H]2[C@H](C)CCCC(C)C)C1. The minimum absolute atomic E-state index is 0.115. The molecule has 0 heterocycles. The number of esters is 1. The number of hydrogen-bond acceptors (Lipinski definition) is 2. The third kappa shape index (κ3) is 4.26. The molecular formula is C29H48O2. The zero-order chi connectivity index (χ0) is 22.4. The first-order valence-corrected chi connectivity index (χ1v) is 13.5. The Kier molecular flexibility index (Phi) is 6.68. The van der Waals surface area contributed by atoms with Crippen LogP contribution in [0.1, 0.15) is 112 Å². The van der Waals surface area contributed by atoms with E-state index in [0.29, 0.717) is 10.8 Å². The molecule has 0 amide bonds. The molecule has 176 valence electrons. The summed E-state index contributed by atoms with van der Waals surface area (Å²) in [6, 6.07) is 0. The van der Waals surface area contributed by atoms with Gasteiger partial charge in [0.15, 0.2) is 0 Å². The number of ether oxygens (including phenoxy) is 1. The Morgan fingerprint density at radius 2 is 1.84 bits per heavy atom. The lowest BCUT2D eigenvalue weighted by atomic mass is 9.47. The van der Waals surface area contributed by atoms with E-state index < -0.39 is 0 Å². The van der Waals surface area contributed by atoms with Crippen molar-refractivity contribution in [1.82, 2.24) is 0 Å². The first kappa shape index (κ1) is 23.4. The van der Waals surface area contributed by atoms with Gasteiger partial charge in [0.1, 0.15) is 6.10 Å². The number of fused-ring (bicyclic) bond motifs is 5. The van der Waals surface area contributed by atoms with E-state index in [4.69, 9.17) is 4.74 Å². The Labute approximate surface area is 192 Å². The van der Waals surface area contributed by atoms with Gasteiger partial charge in [0, 0.05) is 13.3 Å². The van der Waals surface area contributed by atoms with Crippen LogP contribution in [-0.4, -0.2) is 12.1 Å². The van der Waals surface area contributed by atoms with Crippen molar-refractivity contribution in [2.75, 3.05) is 0 Å². The van der Waals surface area contributed by atoms with Crippen LogP contribution in [0.2, 0.25) is 0 Å². The summed E-state index contributed by atoms with van der Waals surface area (Å²) in [6.45, 7) is 14.1. The minimum Gasteiger partial charge on any atom is -0.462 e. The first-order chi connectivity index (χ1) is 14.6. The average Bonchev–Trinajstić information content (AvgIpc) is 3.05. The van der Waals surface area contributed by atoms with E-state index in [1.165, 1.54) is 57.8 Å². The van der Waals surface area contributed by atoms with Crippen LogP contribution in [-0.2, 0) is 9.53 Å². The predicted molar refractivity (Wildman–Crippen MR) is 129 cm³/mol. The van der Waals surface area contributed by atoms with E-state index in [1.807, 2.05) is 0 Å². The molecule has 0 spiro atoms. The van der Waals surface area contributed by atoms with Crippen molar-refractivity contribution >= 4 is 5.97 Å². The topological polar surface area (TPSA) is 26.3 Å². The molecule has 0 aliphatic heterocycles. The standard InChI is InChI=1S/C29H48O2/c1-19(2)8-7-9-20(3)25-12-13-26-24-11-10-22-18-23(31-21(4)30)14-16-28(22,5)27(24)15-17-29(25,26)6/h10,19-20,23-27H,7-9,11-18H2,1-6H3/t20-,23+,24+,25-,26?,27?,28+,29-/m1/s1. The minimum atomic E-state index is -0.115. The van der Waals surface area contributed by atoms with Crippen molar-refractivity contribution in [3.05, 3.63) is 11.6 Å². The van der Waals surface area contributed by atoms with Crippen LogP contribution in [0.5, 0.6) is 0 Å². The van der Waals surface area contributed by atoms with Crippen molar-refractivity contribution in [3.8, 4) is 0 Å². The molecule has 3 saturated carbocycles. The highest BCUT2D eigenvalue weighted by atomic mass is 16.5. The van der Waals surface area contributed by atoms with Crippen LogP contribution in [0.4, 0.5) is 0 Å². The fourth-order valence-corrected chi connectivity index (χ4v) is 8.99. The van der Waals surface area contributed by atoms with Crippen LogP contribution in [0, 0.1) is 46.3 Å². The number of carbonyl (C=O) groups is 1. The van der Waals surface area contributed by atoms with Crippen molar-refractivity contribution in [2.24, 2.45) is 46.3 Å². The molecule has 0 saturated heterocycles. The Morgan fingerprint density at radius 3 is 2.55 bits per heavy atom. The van der Waals surface area contributed by atoms with Crippen molar-refractivity contribution in [3.63, 3.8) is 0 Å². The molecule has 8 atom stereocenters. The van der Waals surface area contributed by atoms with Gasteiger partial charge in [-0.3, -0.25) is 4.79 Å². The van der Waals surface area contributed by atoms with Crippen LogP contribution in [0.3, 0.4) is 0 Å². The molecule has 2 unspecified atom stereocenters. The molecule has 31 heavy (non-hydrogen) atoms. The molecule has 4 aliphatic carbocycles. The zero-order valence-corrected chi connectivity index (χ0v) is 21.2. The number of allylic oxidation sites excluding steroid dienone is 1. The Morgan fingerprint density at radius 1 is 1.06 bits per heavy atom. The van der Waals surface area contributed by atoms with Crippen LogP contribution >= 0.6 is 0 Å². The van der Waals surface area contributed by atoms with E-state index >= 15 is 0 Å². The number of carbonyl (C=O) groups excluding carboxylic acids is 1. The van der Waals surface area contributed by atoms with Crippen molar-refractivity contribution in [1.29, 1.82) is 0 Å². The molecule has 4 aliphatic rings. The highest BCUT2D eigenvalue weighted by Gasteiger charge is 2.59. The van der Waals surface area contributed by atoms with Gasteiger partial charge in [-0.1, -0.05) is 65.5 Å². The van der Waals surface area contributed by atoms with Crippen molar-refractivity contribution < 1.29 is 9.53 Å². The second-order valence-electron chi connectivity index (χ2n) is 12.8. The molecule has 3 fully saturated rings. The molecule has 2 nitrogen and oxygen atoms in total. The maximum atomic E-state index is 11.5. The summed E-state index contributed by atoms with van der Waals surface area (Å²) in [7, 11) is 0. The molecule has 0 aromatic rings. The van der Waals surface area contributed by atoms with Gasteiger partial charge < -0.3 is 4.74 Å². The summed E-state index contributed by atoms with van der Waals surface area (Å²) in [6.07, 6.45) is 17.2. The second-order valence-corrected chi connectivity index (χ2v) is 12.8. The van der Waals surface area contributed by atoms with E-state index in [9.17, 15) is 4.79 Å². The zero-order valence-electron chi connectivity index (χ0n) is 21.2. The third-order valence-electron chi connectivity index (χ3n) is 10.6. The Balaban J connectivity index is 1.47. The monoisotopic (exact) mass is 428 g/mol. The van der Waals surface area contributed by atoms with Gasteiger partial charge >= 0.3 is 5.97 Å². The van der Waals surface area contributed by atoms with Crippen LogP contribution in [0.15, 0.2) is 11.6 Å². The fourth-order valence-electron chi connectivity index (χ4n) is 8.99. The van der Waals surface area contributed by atoms with Crippen molar-refractivity contribution in [2.45, 2.75) is 118 Å². The molecule has 2 heteroatoms. The maximum Gasteiger partial charge on any atom is 0.302 e. The fraction of sp³-hybridized carbons (Fsp3) is 0.897. The molecule has 0 aromatic heterocycles. The molecule has 4 rings (SSSR count). The van der Waals surface area contributed by atoms with Gasteiger partial charge in [-0.15, -0.1) is 0 Å². The highest BCUT2D eigenvalue weighted by Crippen LogP contribution is 2.67. The first-order valence-electron chi connectivity index (χ1n) is 13.5. The lowest BCUT2D eigenvalue weighted by Gasteiger charge is -2.58. The summed E-state index contributed by atoms with van der Waals surface area (Å²) in [4.78, 5) is 11.5.